The second-order valence-corrected chi connectivity index (χ2v) is 10.3. The first-order valence-corrected chi connectivity index (χ1v) is 12.8. The van der Waals surface area contributed by atoms with E-state index in [1.165, 1.54) is 6.08 Å². The Balaban J connectivity index is 1.48. The van der Waals surface area contributed by atoms with Gasteiger partial charge in [-0.1, -0.05) is 29.3 Å². The number of aliphatic hydroxyl groups is 1. The molecule has 1 N–H and O–H groups in total. The molecule has 2 amide bonds. The first-order chi connectivity index (χ1) is 16.1. The van der Waals surface area contributed by atoms with Crippen molar-refractivity contribution in [3.05, 3.63) is 39.9 Å². The van der Waals surface area contributed by atoms with Crippen molar-refractivity contribution in [1.29, 1.82) is 0 Å². The fraction of sp³-hybridized carbons (Fsp3) is 0.600. The zero-order chi connectivity index (χ0) is 24.8. The molecule has 1 aromatic rings. The van der Waals surface area contributed by atoms with Gasteiger partial charge in [0.25, 0.3) is 0 Å². The lowest BCUT2D eigenvalue weighted by molar-refractivity contribution is -0.132. The number of piperazine rings is 1. The van der Waals surface area contributed by atoms with Gasteiger partial charge in [0.05, 0.1) is 16.1 Å². The molecule has 1 aromatic carbocycles. The summed E-state index contributed by atoms with van der Waals surface area (Å²) in [5, 5.41) is 11.6. The Morgan fingerprint density at radius 3 is 2.56 bits per heavy atom. The highest BCUT2D eigenvalue weighted by Gasteiger charge is 2.28. The Morgan fingerprint density at radius 2 is 1.88 bits per heavy atom. The van der Waals surface area contributed by atoms with E-state index in [4.69, 9.17) is 23.2 Å². The van der Waals surface area contributed by atoms with E-state index < -0.39 is 6.10 Å². The summed E-state index contributed by atoms with van der Waals surface area (Å²) < 4.78 is 0. The quantitative estimate of drug-likeness (QED) is 0.571. The summed E-state index contributed by atoms with van der Waals surface area (Å²) >= 11 is 12.0. The van der Waals surface area contributed by atoms with Gasteiger partial charge >= 0.3 is 0 Å². The minimum Gasteiger partial charge on any atom is -0.390 e. The van der Waals surface area contributed by atoms with Gasteiger partial charge < -0.3 is 14.9 Å². The van der Waals surface area contributed by atoms with Crippen LogP contribution in [0.4, 0.5) is 0 Å². The van der Waals surface area contributed by atoms with Gasteiger partial charge in [-0.15, -0.1) is 0 Å². The van der Waals surface area contributed by atoms with Crippen LogP contribution in [0.1, 0.15) is 32.8 Å². The van der Waals surface area contributed by atoms with Crippen LogP contribution in [0.15, 0.2) is 24.3 Å². The monoisotopic (exact) mass is 510 g/mol. The molecular weight excluding hydrogens is 475 g/mol. The predicted octanol–water partition coefficient (Wildman–Crippen LogP) is 2.84. The van der Waals surface area contributed by atoms with Gasteiger partial charge in [-0.05, 0) is 44.5 Å². The number of hydrogen-bond acceptors (Lipinski definition) is 5. The molecule has 2 aliphatic heterocycles. The maximum absolute atomic E-state index is 12.7. The van der Waals surface area contributed by atoms with Crippen molar-refractivity contribution < 1.29 is 14.7 Å². The molecule has 0 bridgehead atoms. The van der Waals surface area contributed by atoms with E-state index in [0.717, 1.165) is 25.2 Å². The molecule has 34 heavy (non-hydrogen) atoms. The van der Waals surface area contributed by atoms with Crippen LogP contribution in [0.2, 0.25) is 10.0 Å². The number of aliphatic hydroxyl groups excluding tert-OH is 1. The van der Waals surface area contributed by atoms with Gasteiger partial charge in [-0.25, -0.2) is 0 Å². The Kier molecular flexibility index (Phi) is 9.80. The maximum atomic E-state index is 12.7. The summed E-state index contributed by atoms with van der Waals surface area (Å²) in [5.74, 6) is -0.181. The molecule has 2 heterocycles. The number of amides is 2. The fourth-order valence-electron chi connectivity index (χ4n) is 4.76. The van der Waals surface area contributed by atoms with E-state index >= 15 is 0 Å². The molecule has 0 spiro atoms. The summed E-state index contributed by atoms with van der Waals surface area (Å²) in [6.45, 7) is 11.5. The number of carbonyl (C=O) groups excluding carboxylic acids is 2. The van der Waals surface area contributed by atoms with Crippen LogP contribution in [0.3, 0.4) is 0 Å². The molecule has 2 fully saturated rings. The molecule has 0 radical (unpaired) electrons. The Bertz CT molecular complexity index is 895. The number of benzene rings is 1. The van der Waals surface area contributed by atoms with Gasteiger partial charge in [0.15, 0.2) is 0 Å². The molecule has 9 heteroatoms. The summed E-state index contributed by atoms with van der Waals surface area (Å²) in [5.41, 5.74) is 0.780. The number of β-amino-alcohol motifs (C(OH)–C–C–N with tert-alkyl or cyclic N) is 1. The van der Waals surface area contributed by atoms with Crippen LogP contribution in [0.5, 0.6) is 0 Å². The topological polar surface area (TPSA) is 67.3 Å². The van der Waals surface area contributed by atoms with Crippen molar-refractivity contribution in [2.45, 2.75) is 45.4 Å². The second-order valence-electron chi connectivity index (χ2n) is 9.52. The highest BCUT2D eigenvalue weighted by Crippen LogP contribution is 2.23. The molecule has 2 aliphatic rings. The molecule has 3 rings (SSSR count). The van der Waals surface area contributed by atoms with Gasteiger partial charge in [-0.3, -0.25) is 19.4 Å². The summed E-state index contributed by atoms with van der Waals surface area (Å²) in [6, 6.07) is 6.13. The Morgan fingerprint density at radius 1 is 1.12 bits per heavy atom. The molecule has 2 atom stereocenters. The van der Waals surface area contributed by atoms with E-state index in [2.05, 4.69) is 30.6 Å². The van der Waals surface area contributed by atoms with E-state index in [0.29, 0.717) is 54.9 Å². The smallest absolute Gasteiger partial charge is 0.246 e. The Hall–Kier alpha value is -1.64. The normalized spacial score (nSPS) is 22.0. The predicted molar refractivity (Wildman–Crippen MR) is 137 cm³/mol. The van der Waals surface area contributed by atoms with Gasteiger partial charge in [0, 0.05) is 76.9 Å². The third-order valence-corrected chi connectivity index (χ3v) is 7.33. The highest BCUT2D eigenvalue weighted by molar-refractivity contribution is 6.42. The summed E-state index contributed by atoms with van der Waals surface area (Å²) in [7, 11) is 0. The maximum Gasteiger partial charge on any atom is 0.246 e. The second kappa shape index (κ2) is 12.4. The Labute approximate surface area is 212 Å². The van der Waals surface area contributed by atoms with E-state index in [1.807, 2.05) is 0 Å². The number of nitrogens with zero attached hydrogens (tertiary/aromatic N) is 4. The summed E-state index contributed by atoms with van der Waals surface area (Å²) in [4.78, 5) is 33.4. The average Bonchev–Trinajstić information content (AvgIpc) is 2.96. The minimum absolute atomic E-state index is 0.0270. The lowest BCUT2D eigenvalue weighted by atomic mass is 10.1. The van der Waals surface area contributed by atoms with E-state index in [1.54, 1.807) is 34.1 Å². The first-order valence-electron chi connectivity index (χ1n) is 12.0. The fourth-order valence-corrected chi connectivity index (χ4v) is 5.07. The van der Waals surface area contributed by atoms with Crippen molar-refractivity contribution in [2.24, 2.45) is 0 Å². The van der Waals surface area contributed by atoms with Crippen LogP contribution in [-0.4, -0.2) is 107 Å². The lowest BCUT2D eigenvalue weighted by Crippen LogP contribution is -2.56. The standard InChI is InChI=1S/C25H36Cl2N4O3/c1-18(2)31-13-10-28(15-19(31)3)16-21(32)17-30-12-11-29(9-8-25(30)34)24(33)7-5-20-4-6-22(26)23(27)14-20/h4-7,14,18-19,21,32H,8-13,15-17H2,1-3H3. The third-order valence-electron chi connectivity index (χ3n) is 6.59. The van der Waals surface area contributed by atoms with Crippen molar-refractivity contribution in [1.82, 2.24) is 19.6 Å². The molecule has 188 valence electrons. The van der Waals surface area contributed by atoms with Gasteiger partial charge in [0.1, 0.15) is 0 Å². The third kappa shape index (κ3) is 7.43. The van der Waals surface area contributed by atoms with Crippen LogP contribution >= 0.6 is 23.2 Å². The van der Waals surface area contributed by atoms with Gasteiger partial charge in [0.2, 0.25) is 11.8 Å². The van der Waals surface area contributed by atoms with E-state index in [-0.39, 0.29) is 18.2 Å². The minimum atomic E-state index is -0.612. The average molecular weight is 511 g/mol. The molecule has 7 nitrogen and oxygen atoms in total. The SMILES string of the molecule is CC(C)N1CCN(CC(O)CN2CCN(C(=O)C=Cc3ccc(Cl)c(Cl)c3)CCC2=O)CC1C. The first kappa shape index (κ1) is 27.0. The molecule has 2 saturated heterocycles. The van der Waals surface area contributed by atoms with Crippen LogP contribution in [0.25, 0.3) is 6.08 Å². The van der Waals surface area contributed by atoms with Crippen molar-refractivity contribution in [2.75, 3.05) is 52.4 Å². The number of carbonyl (C=O) groups is 2. The molecule has 0 saturated carbocycles. The summed E-state index contributed by atoms with van der Waals surface area (Å²) in [6.07, 6.45) is 2.83. The van der Waals surface area contributed by atoms with Crippen molar-refractivity contribution >= 4 is 41.1 Å². The van der Waals surface area contributed by atoms with Crippen molar-refractivity contribution in [3.63, 3.8) is 0 Å². The zero-order valence-electron chi connectivity index (χ0n) is 20.3. The van der Waals surface area contributed by atoms with Crippen LogP contribution in [-0.2, 0) is 9.59 Å². The van der Waals surface area contributed by atoms with E-state index in [9.17, 15) is 14.7 Å². The number of hydrogen-bond donors (Lipinski definition) is 1. The van der Waals surface area contributed by atoms with Crippen molar-refractivity contribution in [3.8, 4) is 0 Å². The molecule has 2 unspecified atom stereocenters. The number of rotatable bonds is 7. The number of halogens is 2. The van der Waals surface area contributed by atoms with Crippen LogP contribution in [0, 0.1) is 0 Å². The zero-order valence-corrected chi connectivity index (χ0v) is 21.8. The molecule has 0 aliphatic carbocycles. The van der Waals surface area contributed by atoms with Crippen LogP contribution < -0.4 is 0 Å². The highest BCUT2D eigenvalue weighted by atomic mass is 35.5. The lowest BCUT2D eigenvalue weighted by Gasteiger charge is -2.42. The largest absolute Gasteiger partial charge is 0.390 e. The molecular formula is C25H36Cl2N4O3. The molecule has 0 aromatic heterocycles. The van der Waals surface area contributed by atoms with Gasteiger partial charge in [-0.2, -0.15) is 0 Å².